The molecule has 0 radical (unpaired) electrons. The average molecular weight is 460 g/mol. The van der Waals surface area contributed by atoms with E-state index < -0.39 is 56.3 Å². The Hall–Kier alpha value is -3.37. The highest BCUT2D eigenvalue weighted by Crippen LogP contribution is 2.49. The predicted molar refractivity (Wildman–Crippen MR) is 94.4 cm³/mol. The molecule has 0 spiro atoms. The monoisotopic (exact) mass is 460 g/mol. The summed E-state index contributed by atoms with van der Waals surface area (Å²) < 4.78 is 82.5. The minimum Gasteiger partial charge on any atom is -0.465 e. The van der Waals surface area contributed by atoms with Crippen molar-refractivity contribution in [2.24, 2.45) is 0 Å². The summed E-state index contributed by atoms with van der Waals surface area (Å²) in [6, 6.07) is 4.63. The molecular weight excluding hydrogens is 448 g/mol. The Labute approximate surface area is 172 Å². The van der Waals surface area contributed by atoms with E-state index in [2.05, 4.69) is 0 Å². The van der Waals surface area contributed by atoms with Gasteiger partial charge in [-0.25, -0.2) is 17.6 Å². The van der Waals surface area contributed by atoms with Gasteiger partial charge in [-0.1, -0.05) is 0 Å². The van der Waals surface area contributed by atoms with E-state index in [4.69, 9.17) is 15.1 Å². The van der Waals surface area contributed by atoms with Crippen LogP contribution in [-0.2, 0) is 9.84 Å². The number of nitriles is 1. The van der Waals surface area contributed by atoms with Gasteiger partial charge < -0.3 is 20.3 Å². The van der Waals surface area contributed by atoms with E-state index in [0.717, 1.165) is 24.3 Å². The number of benzene rings is 2. The Bertz CT molecular complexity index is 1210. The van der Waals surface area contributed by atoms with Crippen LogP contribution in [0, 0.1) is 17.1 Å². The average Bonchev–Trinajstić information content (AvgIpc) is 2.96. The zero-order valence-corrected chi connectivity index (χ0v) is 16.0. The third-order valence-corrected chi connectivity index (χ3v) is 6.01. The fourth-order valence-electron chi connectivity index (χ4n) is 3.30. The quantitative estimate of drug-likeness (QED) is 0.594. The highest BCUT2D eigenvalue weighted by molar-refractivity contribution is 7.92. The Morgan fingerprint density at radius 3 is 2.48 bits per heavy atom. The van der Waals surface area contributed by atoms with E-state index in [-0.39, 0.29) is 22.6 Å². The molecule has 2 atom stereocenters. The molecule has 2 unspecified atom stereocenters. The molecule has 1 aliphatic rings. The van der Waals surface area contributed by atoms with Gasteiger partial charge in [-0.05, 0) is 24.3 Å². The molecule has 2 aromatic rings. The number of aliphatic hydroxyl groups excluding tert-OH is 1. The fourth-order valence-corrected chi connectivity index (χ4v) is 4.33. The lowest BCUT2D eigenvalue weighted by Crippen LogP contribution is -2.26. The van der Waals surface area contributed by atoms with Gasteiger partial charge in [-0.15, -0.1) is 0 Å². The van der Waals surface area contributed by atoms with Crippen LogP contribution in [0.2, 0.25) is 0 Å². The summed E-state index contributed by atoms with van der Waals surface area (Å²) in [5, 5.41) is 30.2. The van der Waals surface area contributed by atoms with Crippen LogP contribution in [0.15, 0.2) is 35.2 Å². The van der Waals surface area contributed by atoms with E-state index in [9.17, 15) is 35.9 Å². The number of nitrogens with zero attached hydrogens (tertiary/aromatic N) is 1. The number of carboxylic acid groups (broad SMARTS) is 1. The first-order valence-corrected chi connectivity index (χ1v) is 9.87. The summed E-state index contributed by atoms with van der Waals surface area (Å²) in [5.74, 6) is -1.43. The van der Waals surface area contributed by atoms with Gasteiger partial charge in [0.25, 0.3) is 9.84 Å². The van der Waals surface area contributed by atoms with Gasteiger partial charge >= 0.3 is 11.6 Å². The second kappa shape index (κ2) is 7.71. The number of hydrogen-bond acceptors (Lipinski definition) is 6. The van der Waals surface area contributed by atoms with E-state index in [1.165, 1.54) is 0 Å². The SMILES string of the molecule is N#Cc1cc(F)cc(Oc2ccc(S(=O)(=O)C(F)(F)F)c3c2C(NC(=O)O)CC3O)c1. The summed E-state index contributed by atoms with van der Waals surface area (Å²) in [5.41, 5.74) is -6.83. The summed E-state index contributed by atoms with van der Waals surface area (Å²) in [4.78, 5) is 9.84. The van der Waals surface area contributed by atoms with E-state index in [1.54, 1.807) is 6.07 Å². The molecule has 0 saturated heterocycles. The number of carbonyl (C=O) groups is 1. The van der Waals surface area contributed by atoms with Gasteiger partial charge in [-0.2, -0.15) is 18.4 Å². The lowest BCUT2D eigenvalue weighted by molar-refractivity contribution is -0.0437. The van der Waals surface area contributed by atoms with Gasteiger partial charge in [0.15, 0.2) is 0 Å². The van der Waals surface area contributed by atoms with Crippen molar-refractivity contribution in [1.82, 2.24) is 5.32 Å². The molecule has 0 bridgehead atoms. The summed E-state index contributed by atoms with van der Waals surface area (Å²) in [6.07, 6.45) is -3.81. The minimum atomic E-state index is -5.89. The second-order valence-corrected chi connectivity index (χ2v) is 8.39. The van der Waals surface area contributed by atoms with Crippen LogP contribution in [0.25, 0.3) is 0 Å². The Balaban J connectivity index is 2.22. The molecular formula is C18H12F4N2O6S. The van der Waals surface area contributed by atoms with Crippen molar-refractivity contribution in [3.05, 3.63) is 52.8 Å². The number of ether oxygens (including phenoxy) is 1. The van der Waals surface area contributed by atoms with Crippen molar-refractivity contribution in [1.29, 1.82) is 5.26 Å². The van der Waals surface area contributed by atoms with Crippen LogP contribution in [0.1, 0.15) is 35.3 Å². The number of rotatable bonds is 4. The molecule has 31 heavy (non-hydrogen) atoms. The van der Waals surface area contributed by atoms with Crippen molar-refractivity contribution >= 4 is 15.9 Å². The maximum Gasteiger partial charge on any atom is 0.501 e. The van der Waals surface area contributed by atoms with Crippen molar-refractivity contribution in [2.75, 3.05) is 0 Å². The Morgan fingerprint density at radius 1 is 1.23 bits per heavy atom. The molecule has 1 amide bonds. The molecule has 13 heteroatoms. The predicted octanol–water partition coefficient (Wildman–Crippen LogP) is 3.53. The van der Waals surface area contributed by atoms with Crippen LogP contribution in [0.4, 0.5) is 22.4 Å². The van der Waals surface area contributed by atoms with Crippen molar-refractivity contribution in [3.63, 3.8) is 0 Å². The van der Waals surface area contributed by atoms with Crippen molar-refractivity contribution in [2.45, 2.75) is 29.0 Å². The Morgan fingerprint density at radius 2 is 1.90 bits per heavy atom. The highest BCUT2D eigenvalue weighted by Gasteiger charge is 2.50. The topological polar surface area (TPSA) is 137 Å². The molecule has 8 nitrogen and oxygen atoms in total. The molecule has 164 valence electrons. The van der Waals surface area contributed by atoms with Gasteiger partial charge in [0.2, 0.25) is 0 Å². The van der Waals surface area contributed by atoms with Crippen LogP contribution in [0.3, 0.4) is 0 Å². The standard InChI is InChI=1S/C18H12F4N2O6S/c19-9-3-8(7-23)4-10(5-9)30-13-1-2-14(31(28,29)18(20,21)22)16-12(25)6-11(15(13)16)24-17(26)27/h1-5,11-12,24-25H,6H2,(H,26,27). The number of sulfone groups is 1. The normalized spacial score (nSPS) is 18.2. The zero-order valence-electron chi connectivity index (χ0n) is 15.1. The van der Waals surface area contributed by atoms with Crippen LogP contribution in [-0.4, -0.2) is 30.2 Å². The third kappa shape index (κ3) is 4.12. The first-order chi connectivity index (χ1) is 14.3. The van der Waals surface area contributed by atoms with Crippen molar-refractivity contribution < 1.29 is 45.7 Å². The number of alkyl halides is 3. The lowest BCUT2D eigenvalue weighted by atomic mass is 10.1. The molecule has 0 aromatic heterocycles. The number of amides is 1. The number of hydrogen-bond donors (Lipinski definition) is 3. The van der Waals surface area contributed by atoms with Gasteiger partial charge in [0, 0.05) is 23.6 Å². The summed E-state index contributed by atoms with van der Waals surface area (Å²) in [6.45, 7) is 0. The first-order valence-electron chi connectivity index (χ1n) is 8.39. The first kappa shape index (κ1) is 22.3. The second-order valence-electron chi connectivity index (χ2n) is 6.48. The molecule has 0 aliphatic heterocycles. The zero-order chi connectivity index (χ0) is 23.1. The van der Waals surface area contributed by atoms with Gasteiger partial charge in [0.1, 0.15) is 17.3 Å². The number of nitrogens with one attached hydrogen (secondary N) is 1. The molecule has 1 aliphatic carbocycles. The third-order valence-electron chi connectivity index (χ3n) is 4.47. The summed E-state index contributed by atoms with van der Waals surface area (Å²) >= 11 is 0. The smallest absolute Gasteiger partial charge is 0.465 e. The molecule has 2 aromatic carbocycles. The number of aliphatic hydroxyl groups is 1. The maximum absolute atomic E-state index is 13.7. The Kier molecular flexibility index (Phi) is 5.55. The van der Waals surface area contributed by atoms with E-state index >= 15 is 0 Å². The molecule has 0 saturated carbocycles. The van der Waals surface area contributed by atoms with Crippen LogP contribution >= 0.6 is 0 Å². The largest absolute Gasteiger partial charge is 0.501 e. The fraction of sp³-hybridized carbons (Fsp3) is 0.222. The molecule has 3 N–H and O–H groups in total. The van der Waals surface area contributed by atoms with Crippen LogP contribution in [0.5, 0.6) is 11.5 Å². The minimum absolute atomic E-state index is 0.136. The van der Waals surface area contributed by atoms with Crippen molar-refractivity contribution in [3.8, 4) is 17.6 Å². The molecule has 0 heterocycles. The van der Waals surface area contributed by atoms with E-state index in [1.807, 2.05) is 5.32 Å². The lowest BCUT2D eigenvalue weighted by Gasteiger charge is -2.19. The maximum atomic E-state index is 13.7. The van der Waals surface area contributed by atoms with Gasteiger partial charge in [-0.3, -0.25) is 0 Å². The van der Waals surface area contributed by atoms with E-state index in [0.29, 0.717) is 6.07 Å². The van der Waals surface area contributed by atoms with Crippen LogP contribution < -0.4 is 10.1 Å². The summed E-state index contributed by atoms with van der Waals surface area (Å²) in [7, 11) is -5.89. The molecule has 0 fully saturated rings. The van der Waals surface area contributed by atoms with Gasteiger partial charge in [0.05, 0.1) is 28.7 Å². The number of halogens is 4. The number of fused-ring (bicyclic) bond motifs is 1. The highest BCUT2D eigenvalue weighted by atomic mass is 32.2. The molecule has 3 rings (SSSR count).